The molecule has 1 atom stereocenters. The smallest absolute Gasteiger partial charge is 0.233 e. The normalized spacial score (nSPS) is 12.6. The van der Waals surface area contributed by atoms with E-state index in [9.17, 15) is 9.90 Å². The number of carbonyl (C=O) groups excluding carboxylic acids is 1. The largest absolute Gasteiger partial charge is 0.467 e. The van der Waals surface area contributed by atoms with Gasteiger partial charge in [0.15, 0.2) is 0 Å². The first-order valence-corrected chi connectivity index (χ1v) is 6.83. The van der Waals surface area contributed by atoms with Crippen molar-refractivity contribution in [2.45, 2.75) is 26.6 Å². The molecule has 0 aromatic carbocycles. The van der Waals surface area contributed by atoms with Crippen LogP contribution in [0.4, 0.5) is 0 Å². The molecule has 0 radical (unpaired) electrons. The quantitative estimate of drug-likeness (QED) is 0.583. The molecule has 6 heteroatoms. The first-order chi connectivity index (χ1) is 9.58. The number of nitrogens with one attached hydrogen (secondary N) is 2. The van der Waals surface area contributed by atoms with Crippen molar-refractivity contribution >= 4 is 5.91 Å². The highest BCUT2D eigenvalue weighted by Gasteiger charge is 2.07. The average molecular weight is 284 g/mol. The lowest BCUT2D eigenvalue weighted by Gasteiger charge is -2.12. The molecule has 0 bridgehead atoms. The minimum atomic E-state index is -0.650. The van der Waals surface area contributed by atoms with Crippen molar-refractivity contribution in [2.75, 3.05) is 26.2 Å². The van der Waals surface area contributed by atoms with Gasteiger partial charge in [-0.25, -0.2) is 0 Å². The number of aliphatic hydroxyl groups is 1. The maximum absolute atomic E-state index is 11.4. The summed E-state index contributed by atoms with van der Waals surface area (Å²) in [6.45, 7) is 5.77. The van der Waals surface area contributed by atoms with Gasteiger partial charge < -0.3 is 24.9 Å². The van der Waals surface area contributed by atoms with Crippen LogP contribution in [-0.2, 0) is 16.1 Å². The van der Waals surface area contributed by atoms with Gasteiger partial charge in [0.25, 0.3) is 0 Å². The molecule has 6 nitrogen and oxygen atoms in total. The Balaban J connectivity index is 1.99. The first-order valence-electron chi connectivity index (χ1n) is 6.83. The Bertz CT molecular complexity index is 365. The van der Waals surface area contributed by atoms with E-state index in [0.717, 1.165) is 5.76 Å². The van der Waals surface area contributed by atoms with Crippen LogP contribution in [0, 0.1) is 5.92 Å². The summed E-state index contributed by atoms with van der Waals surface area (Å²) in [4.78, 5) is 11.4. The molecule has 20 heavy (non-hydrogen) atoms. The highest BCUT2D eigenvalue weighted by Crippen LogP contribution is 2.01. The molecule has 114 valence electrons. The number of amides is 1. The van der Waals surface area contributed by atoms with Gasteiger partial charge in [-0.05, 0) is 18.1 Å². The lowest BCUT2D eigenvalue weighted by molar-refractivity contribution is -0.120. The summed E-state index contributed by atoms with van der Waals surface area (Å²) in [5.41, 5.74) is 0. The van der Waals surface area contributed by atoms with Crippen molar-refractivity contribution in [2.24, 2.45) is 5.92 Å². The summed E-state index contributed by atoms with van der Waals surface area (Å²) in [7, 11) is 0. The standard InChI is InChI=1S/C14H24N2O4/c1-11(2)6-16-14(18)8-15-7-12(17)9-19-10-13-4-3-5-20-13/h3-5,11-12,15,17H,6-10H2,1-2H3,(H,16,18). The molecule has 1 amide bonds. The number of rotatable bonds is 10. The van der Waals surface area contributed by atoms with Gasteiger partial charge in [0, 0.05) is 13.1 Å². The van der Waals surface area contributed by atoms with Crippen molar-refractivity contribution in [1.82, 2.24) is 10.6 Å². The van der Waals surface area contributed by atoms with Crippen molar-refractivity contribution in [3.63, 3.8) is 0 Å². The van der Waals surface area contributed by atoms with Gasteiger partial charge in [-0.1, -0.05) is 13.8 Å². The number of ether oxygens (including phenoxy) is 1. The molecule has 3 N–H and O–H groups in total. The van der Waals surface area contributed by atoms with Gasteiger partial charge in [-0.2, -0.15) is 0 Å². The number of carbonyl (C=O) groups is 1. The fourth-order valence-electron chi connectivity index (χ4n) is 1.48. The minimum absolute atomic E-state index is 0.0672. The zero-order valence-electron chi connectivity index (χ0n) is 12.1. The molecule has 0 aliphatic rings. The summed E-state index contributed by atoms with van der Waals surface area (Å²) in [6, 6.07) is 3.59. The Labute approximate surface area is 119 Å². The average Bonchev–Trinajstić information content (AvgIpc) is 2.89. The van der Waals surface area contributed by atoms with Crippen molar-refractivity contribution < 1.29 is 19.1 Å². The van der Waals surface area contributed by atoms with E-state index in [4.69, 9.17) is 9.15 Å². The summed E-state index contributed by atoms with van der Waals surface area (Å²) in [5, 5.41) is 15.3. The maximum Gasteiger partial charge on any atom is 0.233 e. The highest BCUT2D eigenvalue weighted by atomic mass is 16.5. The molecule has 1 aromatic rings. The molecule has 0 saturated heterocycles. The molecule has 0 spiro atoms. The van der Waals surface area contributed by atoms with E-state index in [2.05, 4.69) is 10.6 Å². The second kappa shape index (κ2) is 9.52. The second-order valence-electron chi connectivity index (χ2n) is 5.08. The fourth-order valence-corrected chi connectivity index (χ4v) is 1.48. The third-order valence-corrected chi connectivity index (χ3v) is 2.51. The zero-order valence-corrected chi connectivity index (χ0v) is 12.1. The van der Waals surface area contributed by atoms with Crippen molar-refractivity contribution in [3.05, 3.63) is 24.2 Å². The van der Waals surface area contributed by atoms with E-state index < -0.39 is 6.10 Å². The second-order valence-corrected chi connectivity index (χ2v) is 5.08. The van der Waals surface area contributed by atoms with E-state index in [1.165, 1.54) is 0 Å². The molecule has 0 fully saturated rings. The lowest BCUT2D eigenvalue weighted by Crippen LogP contribution is -2.39. The molecular formula is C14H24N2O4. The van der Waals surface area contributed by atoms with Gasteiger partial charge in [-0.3, -0.25) is 4.79 Å². The van der Waals surface area contributed by atoms with Gasteiger partial charge in [0.05, 0.1) is 25.5 Å². The zero-order chi connectivity index (χ0) is 14.8. The third-order valence-electron chi connectivity index (χ3n) is 2.51. The highest BCUT2D eigenvalue weighted by molar-refractivity contribution is 5.77. The lowest BCUT2D eigenvalue weighted by atomic mass is 10.2. The predicted molar refractivity (Wildman–Crippen MR) is 75.1 cm³/mol. The van der Waals surface area contributed by atoms with E-state index in [-0.39, 0.29) is 19.1 Å². The van der Waals surface area contributed by atoms with Crippen LogP contribution in [0.3, 0.4) is 0 Å². The van der Waals surface area contributed by atoms with Crippen LogP contribution in [-0.4, -0.2) is 43.4 Å². The van der Waals surface area contributed by atoms with Crippen LogP contribution in [0.5, 0.6) is 0 Å². The van der Waals surface area contributed by atoms with Gasteiger partial charge in [0.1, 0.15) is 12.4 Å². The molecular weight excluding hydrogens is 260 g/mol. The fraction of sp³-hybridized carbons (Fsp3) is 0.643. The van der Waals surface area contributed by atoms with Crippen LogP contribution in [0.1, 0.15) is 19.6 Å². The van der Waals surface area contributed by atoms with Gasteiger partial charge in [-0.15, -0.1) is 0 Å². The monoisotopic (exact) mass is 284 g/mol. The SMILES string of the molecule is CC(C)CNC(=O)CNCC(O)COCc1ccco1. The van der Waals surface area contributed by atoms with Crippen LogP contribution in [0.15, 0.2) is 22.8 Å². The third kappa shape index (κ3) is 7.93. The Kier molecular flexibility index (Phi) is 7.94. The molecule has 0 aliphatic carbocycles. The first kappa shape index (κ1) is 16.7. The predicted octanol–water partition coefficient (Wildman–Crippen LogP) is 0.519. The number of aliphatic hydroxyl groups excluding tert-OH is 1. The molecule has 0 aliphatic heterocycles. The molecule has 1 aromatic heterocycles. The Morgan fingerprint density at radius 2 is 2.25 bits per heavy atom. The summed E-state index contributed by atoms with van der Waals surface area (Å²) < 4.78 is 10.4. The number of hydrogen-bond acceptors (Lipinski definition) is 5. The minimum Gasteiger partial charge on any atom is -0.467 e. The maximum atomic E-state index is 11.4. The number of furan rings is 1. The van der Waals surface area contributed by atoms with Gasteiger partial charge >= 0.3 is 0 Å². The van der Waals surface area contributed by atoms with Crippen LogP contribution in [0.25, 0.3) is 0 Å². The van der Waals surface area contributed by atoms with Crippen molar-refractivity contribution in [3.8, 4) is 0 Å². The Hall–Kier alpha value is -1.37. The Morgan fingerprint density at radius 3 is 2.90 bits per heavy atom. The Morgan fingerprint density at radius 1 is 1.45 bits per heavy atom. The van der Waals surface area contributed by atoms with Gasteiger partial charge in [0.2, 0.25) is 5.91 Å². The summed E-state index contributed by atoms with van der Waals surface area (Å²) in [6.07, 6.45) is 0.926. The van der Waals surface area contributed by atoms with E-state index in [0.29, 0.717) is 25.6 Å². The van der Waals surface area contributed by atoms with Crippen LogP contribution < -0.4 is 10.6 Å². The molecule has 0 saturated carbocycles. The van der Waals surface area contributed by atoms with Crippen LogP contribution >= 0.6 is 0 Å². The van der Waals surface area contributed by atoms with E-state index in [1.54, 1.807) is 12.3 Å². The van der Waals surface area contributed by atoms with Crippen molar-refractivity contribution in [1.29, 1.82) is 0 Å². The molecule has 1 heterocycles. The van der Waals surface area contributed by atoms with E-state index in [1.807, 2.05) is 19.9 Å². The summed E-state index contributed by atoms with van der Waals surface area (Å²) >= 11 is 0. The number of hydrogen-bond donors (Lipinski definition) is 3. The van der Waals surface area contributed by atoms with Crippen LogP contribution in [0.2, 0.25) is 0 Å². The summed E-state index contributed by atoms with van der Waals surface area (Å²) in [5.74, 6) is 1.08. The van der Waals surface area contributed by atoms with E-state index >= 15 is 0 Å². The topological polar surface area (TPSA) is 83.7 Å². The molecule has 1 rings (SSSR count). The molecule has 1 unspecified atom stereocenters.